The molecule has 0 aromatic heterocycles. The van der Waals surface area contributed by atoms with Crippen molar-refractivity contribution in [3.8, 4) is 0 Å². The molecule has 0 saturated carbocycles. The Kier molecular flexibility index (Phi) is 7.57. The minimum absolute atomic E-state index is 0.116. The Hall–Kier alpha value is -2.24. The number of benzene rings is 1. The normalized spacial score (nSPS) is 18.9. The number of anilines is 1. The van der Waals surface area contributed by atoms with E-state index in [0.717, 1.165) is 45.6 Å². The van der Waals surface area contributed by atoms with Gasteiger partial charge in [0.25, 0.3) is 0 Å². The van der Waals surface area contributed by atoms with E-state index in [4.69, 9.17) is 0 Å². The lowest BCUT2D eigenvalue weighted by molar-refractivity contribution is -0.130. The Morgan fingerprint density at radius 3 is 2.54 bits per heavy atom. The highest BCUT2D eigenvalue weighted by molar-refractivity contribution is 5.85. The SMILES string of the molecule is CCNC(=NCC(=O)N1CCCCC1)NC(C)c1cccc(N2CCCC2)c1. The van der Waals surface area contributed by atoms with Gasteiger partial charge in [-0.25, -0.2) is 4.99 Å². The van der Waals surface area contributed by atoms with Gasteiger partial charge >= 0.3 is 0 Å². The van der Waals surface area contributed by atoms with E-state index >= 15 is 0 Å². The summed E-state index contributed by atoms with van der Waals surface area (Å²) in [4.78, 5) is 21.4. The van der Waals surface area contributed by atoms with Crippen LogP contribution < -0.4 is 15.5 Å². The van der Waals surface area contributed by atoms with Gasteiger partial charge in [-0.2, -0.15) is 0 Å². The molecule has 3 rings (SSSR count). The van der Waals surface area contributed by atoms with Crippen molar-refractivity contribution < 1.29 is 4.79 Å². The van der Waals surface area contributed by atoms with E-state index in [-0.39, 0.29) is 18.5 Å². The molecule has 2 heterocycles. The third-order valence-corrected chi connectivity index (χ3v) is 5.62. The molecule has 0 bridgehead atoms. The number of aliphatic imine (C=N–C) groups is 1. The van der Waals surface area contributed by atoms with Crippen molar-refractivity contribution in [2.75, 3.05) is 44.2 Å². The summed E-state index contributed by atoms with van der Waals surface area (Å²) in [5.41, 5.74) is 2.53. The van der Waals surface area contributed by atoms with Crippen LogP contribution >= 0.6 is 0 Å². The predicted octanol–water partition coefficient (Wildman–Crippen LogP) is 2.92. The second-order valence-corrected chi connectivity index (χ2v) is 7.79. The molecule has 1 atom stereocenters. The molecular weight excluding hydrogens is 350 g/mol. The van der Waals surface area contributed by atoms with E-state index in [1.807, 2.05) is 11.8 Å². The molecule has 0 spiro atoms. The maximum atomic E-state index is 12.4. The average molecular weight is 386 g/mol. The van der Waals surface area contributed by atoms with Gasteiger partial charge in [0.05, 0.1) is 6.04 Å². The molecule has 2 saturated heterocycles. The van der Waals surface area contributed by atoms with Crippen molar-refractivity contribution in [3.63, 3.8) is 0 Å². The summed E-state index contributed by atoms with van der Waals surface area (Å²) >= 11 is 0. The molecule has 1 aromatic rings. The molecule has 2 aliphatic heterocycles. The summed E-state index contributed by atoms with van der Waals surface area (Å²) < 4.78 is 0. The third-order valence-electron chi connectivity index (χ3n) is 5.62. The predicted molar refractivity (Wildman–Crippen MR) is 116 cm³/mol. The number of likely N-dealkylation sites (tertiary alicyclic amines) is 1. The van der Waals surface area contributed by atoms with Crippen molar-refractivity contribution in [2.24, 2.45) is 4.99 Å². The highest BCUT2D eigenvalue weighted by Gasteiger charge is 2.17. The number of guanidine groups is 1. The van der Waals surface area contributed by atoms with Crippen molar-refractivity contribution >= 4 is 17.6 Å². The quantitative estimate of drug-likeness (QED) is 0.584. The molecule has 0 aliphatic carbocycles. The van der Waals surface area contributed by atoms with E-state index < -0.39 is 0 Å². The van der Waals surface area contributed by atoms with Crippen molar-refractivity contribution in [2.45, 2.75) is 52.0 Å². The van der Waals surface area contributed by atoms with Gasteiger partial charge in [-0.3, -0.25) is 4.79 Å². The standard InChI is InChI=1S/C22H35N5O/c1-3-23-22(24-17-21(28)27-14-5-4-6-15-27)25-18(2)19-10-9-11-20(16-19)26-12-7-8-13-26/h9-11,16,18H,3-8,12-15,17H2,1-2H3,(H2,23,24,25). The third kappa shape index (κ3) is 5.63. The van der Waals surface area contributed by atoms with Crippen LogP contribution in [0.3, 0.4) is 0 Å². The second kappa shape index (κ2) is 10.3. The van der Waals surface area contributed by atoms with E-state index in [1.165, 1.54) is 30.5 Å². The van der Waals surface area contributed by atoms with Crippen LogP contribution in [0.5, 0.6) is 0 Å². The summed E-state index contributed by atoms with van der Waals surface area (Å²) in [6.45, 7) is 9.20. The molecule has 6 heteroatoms. The van der Waals surface area contributed by atoms with Crippen LogP contribution in [0, 0.1) is 0 Å². The first kappa shape index (κ1) is 20.5. The van der Waals surface area contributed by atoms with Crippen LogP contribution in [0.4, 0.5) is 5.69 Å². The first-order valence-corrected chi connectivity index (χ1v) is 10.8. The number of hydrogen-bond donors (Lipinski definition) is 2. The molecule has 1 unspecified atom stereocenters. The summed E-state index contributed by atoms with van der Waals surface area (Å²) in [5.74, 6) is 0.826. The number of nitrogens with one attached hydrogen (secondary N) is 2. The van der Waals surface area contributed by atoms with Gasteiger partial charge in [0.15, 0.2) is 5.96 Å². The molecular formula is C22H35N5O. The zero-order valence-corrected chi connectivity index (χ0v) is 17.4. The van der Waals surface area contributed by atoms with Crippen LogP contribution in [0.25, 0.3) is 0 Å². The minimum Gasteiger partial charge on any atom is -0.372 e. The van der Waals surface area contributed by atoms with Crippen LogP contribution in [-0.4, -0.2) is 56.0 Å². The average Bonchev–Trinajstić information content (AvgIpc) is 3.27. The van der Waals surface area contributed by atoms with Gasteiger partial charge in [0.1, 0.15) is 6.54 Å². The van der Waals surface area contributed by atoms with E-state index in [1.54, 1.807) is 0 Å². The maximum absolute atomic E-state index is 12.4. The Balaban J connectivity index is 1.61. The number of carbonyl (C=O) groups excluding carboxylic acids is 1. The molecule has 154 valence electrons. The fourth-order valence-electron chi connectivity index (χ4n) is 3.96. The molecule has 1 amide bonds. The molecule has 0 radical (unpaired) electrons. The monoisotopic (exact) mass is 385 g/mol. The van der Waals surface area contributed by atoms with Gasteiger partial charge in [0.2, 0.25) is 5.91 Å². The van der Waals surface area contributed by atoms with Gasteiger partial charge in [-0.05, 0) is 63.6 Å². The molecule has 1 aromatic carbocycles. The largest absolute Gasteiger partial charge is 0.372 e. The van der Waals surface area contributed by atoms with Crippen LogP contribution in [0.1, 0.15) is 57.6 Å². The minimum atomic E-state index is 0.116. The maximum Gasteiger partial charge on any atom is 0.244 e. The fourth-order valence-corrected chi connectivity index (χ4v) is 3.96. The first-order valence-electron chi connectivity index (χ1n) is 10.8. The van der Waals surface area contributed by atoms with Crippen LogP contribution in [0.2, 0.25) is 0 Å². The Bertz CT molecular complexity index is 663. The van der Waals surface area contributed by atoms with Crippen molar-refractivity contribution in [3.05, 3.63) is 29.8 Å². The fraction of sp³-hybridized carbons (Fsp3) is 0.636. The van der Waals surface area contributed by atoms with E-state index in [9.17, 15) is 4.79 Å². The van der Waals surface area contributed by atoms with Gasteiger partial charge < -0.3 is 20.4 Å². The number of amides is 1. The lowest BCUT2D eigenvalue weighted by Crippen LogP contribution is -2.41. The zero-order chi connectivity index (χ0) is 19.8. The molecule has 2 fully saturated rings. The highest BCUT2D eigenvalue weighted by Crippen LogP contribution is 2.23. The van der Waals surface area contributed by atoms with Crippen LogP contribution in [-0.2, 0) is 4.79 Å². The zero-order valence-electron chi connectivity index (χ0n) is 17.4. The molecule has 2 N–H and O–H groups in total. The molecule has 2 aliphatic rings. The molecule has 6 nitrogen and oxygen atoms in total. The Morgan fingerprint density at radius 2 is 1.82 bits per heavy atom. The highest BCUT2D eigenvalue weighted by atomic mass is 16.2. The first-order chi connectivity index (χ1) is 13.7. The van der Waals surface area contributed by atoms with Crippen molar-refractivity contribution in [1.29, 1.82) is 0 Å². The molecule has 28 heavy (non-hydrogen) atoms. The topological polar surface area (TPSA) is 60.0 Å². The summed E-state index contributed by atoms with van der Waals surface area (Å²) in [5, 5.41) is 6.73. The van der Waals surface area contributed by atoms with Gasteiger partial charge in [0, 0.05) is 38.4 Å². The summed E-state index contributed by atoms with van der Waals surface area (Å²) in [6.07, 6.45) is 6.00. The second-order valence-electron chi connectivity index (χ2n) is 7.79. The summed E-state index contributed by atoms with van der Waals surface area (Å²) in [6, 6.07) is 8.86. The Morgan fingerprint density at radius 1 is 1.11 bits per heavy atom. The Labute approximate surface area is 169 Å². The van der Waals surface area contributed by atoms with E-state index in [0.29, 0.717) is 5.96 Å². The van der Waals surface area contributed by atoms with Gasteiger partial charge in [-0.15, -0.1) is 0 Å². The number of carbonyl (C=O) groups is 1. The number of hydrogen-bond acceptors (Lipinski definition) is 3. The number of nitrogens with zero attached hydrogens (tertiary/aromatic N) is 3. The summed E-state index contributed by atoms with van der Waals surface area (Å²) in [7, 11) is 0. The number of rotatable bonds is 6. The lowest BCUT2D eigenvalue weighted by Gasteiger charge is -2.26. The smallest absolute Gasteiger partial charge is 0.244 e. The van der Waals surface area contributed by atoms with Gasteiger partial charge in [-0.1, -0.05) is 12.1 Å². The lowest BCUT2D eigenvalue weighted by atomic mass is 10.1. The number of piperidine rings is 1. The van der Waals surface area contributed by atoms with E-state index in [2.05, 4.69) is 51.7 Å². The van der Waals surface area contributed by atoms with Crippen LogP contribution in [0.15, 0.2) is 29.3 Å². The van der Waals surface area contributed by atoms with Crippen molar-refractivity contribution in [1.82, 2.24) is 15.5 Å².